The van der Waals surface area contributed by atoms with E-state index in [2.05, 4.69) is 52.0 Å². The molecule has 1 aliphatic heterocycles. The van der Waals surface area contributed by atoms with Gasteiger partial charge in [0.2, 0.25) is 0 Å². The van der Waals surface area contributed by atoms with Crippen LogP contribution in [0.2, 0.25) is 0 Å². The minimum absolute atomic E-state index is 0.0771. The molecule has 3 rings (SSSR count). The van der Waals surface area contributed by atoms with Crippen LogP contribution in [-0.4, -0.2) is 0 Å². The van der Waals surface area contributed by atoms with Gasteiger partial charge in [-0.15, -0.1) is 0 Å². The van der Waals surface area contributed by atoms with Gasteiger partial charge in [0.25, 0.3) is 0 Å². The average molecular weight is 415 g/mol. The molecule has 0 bridgehead atoms. The smallest absolute Gasteiger partial charge is 0.408 e. The number of para-hydroxylation sites is 1. The molecule has 0 aromatic heterocycles. The van der Waals surface area contributed by atoms with Crippen LogP contribution in [0.3, 0.4) is 0 Å². The molecule has 0 saturated carbocycles. The summed E-state index contributed by atoms with van der Waals surface area (Å²) in [5.74, 6) is 2.44. The maximum Gasteiger partial charge on any atom is 0.530 e. The molecule has 2 aromatic rings. The topological polar surface area (TPSA) is 27.7 Å². The Balaban J connectivity index is 1.53. The van der Waals surface area contributed by atoms with E-state index in [9.17, 15) is 0 Å². The SMILES string of the molecule is CCCCCCCCCc1ccccc1OP1Oc2ccc(C(C)(C)C)cc2O1. The molecule has 0 N–H and O–H groups in total. The molecule has 0 radical (unpaired) electrons. The number of hydrogen-bond acceptors (Lipinski definition) is 3. The molecule has 0 fully saturated rings. The second-order valence-electron chi connectivity index (χ2n) is 8.89. The number of rotatable bonds is 10. The second-order valence-corrected chi connectivity index (χ2v) is 9.88. The van der Waals surface area contributed by atoms with Crippen molar-refractivity contribution in [1.29, 1.82) is 0 Å². The number of fused-ring (bicyclic) bond motifs is 1. The van der Waals surface area contributed by atoms with E-state index < -0.39 is 8.60 Å². The van der Waals surface area contributed by atoms with Gasteiger partial charge in [-0.2, -0.15) is 0 Å². The van der Waals surface area contributed by atoms with Crippen molar-refractivity contribution in [3.05, 3.63) is 53.6 Å². The lowest BCUT2D eigenvalue weighted by molar-refractivity contribution is 0.432. The Kier molecular flexibility index (Phi) is 7.84. The monoisotopic (exact) mass is 414 g/mol. The van der Waals surface area contributed by atoms with Crippen molar-refractivity contribution in [2.24, 2.45) is 0 Å². The molecule has 0 saturated heterocycles. The highest BCUT2D eigenvalue weighted by Crippen LogP contribution is 2.53. The van der Waals surface area contributed by atoms with Crippen molar-refractivity contribution < 1.29 is 13.6 Å². The van der Waals surface area contributed by atoms with Crippen molar-refractivity contribution in [3.8, 4) is 17.2 Å². The maximum atomic E-state index is 6.14. The molecule has 1 unspecified atom stereocenters. The van der Waals surface area contributed by atoms with E-state index in [-0.39, 0.29) is 5.41 Å². The summed E-state index contributed by atoms with van der Waals surface area (Å²) in [6.07, 6.45) is 10.2. The molecule has 158 valence electrons. The van der Waals surface area contributed by atoms with Gasteiger partial charge in [0.15, 0.2) is 11.5 Å². The zero-order chi connectivity index (χ0) is 20.7. The molecule has 3 nitrogen and oxygen atoms in total. The predicted molar refractivity (Wildman–Crippen MR) is 122 cm³/mol. The first-order valence-corrected chi connectivity index (χ1v) is 12.1. The summed E-state index contributed by atoms with van der Waals surface area (Å²) in [5, 5.41) is 0. The van der Waals surface area contributed by atoms with Crippen molar-refractivity contribution in [1.82, 2.24) is 0 Å². The molecule has 2 aromatic carbocycles. The van der Waals surface area contributed by atoms with Gasteiger partial charge in [0.1, 0.15) is 5.75 Å². The van der Waals surface area contributed by atoms with Crippen LogP contribution in [0.15, 0.2) is 42.5 Å². The van der Waals surface area contributed by atoms with Crippen LogP contribution < -0.4 is 13.6 Å². The molecular weight excluding hydrogens is 379 g/mol. The van der Waals surface area contributed by atoms with Crippen LogP contribution >= 0.6 is 8.60 Å². The van der Waals surface area contributed by atoms with E-state index in [0.717, 1.165) is 23.7 Å². The fourth-order valence-electron chi connectivity index (χ4n) is 3.49. The van der Waals surface area contributed by atoms with Gasteiger partial charge in [-0.3, -0.25) is 0 Å². The highest BCUT2D eigenvalue weighted by molar-refractivity contribution is 7.43. The van der Waals surface area contributed by atoms with Gasteiger partial charge in [0, 0.05) is 0 Å². The maximum absolute atomic E-state index is 6.14. The lowest BCUT2D eigenvalue weighted by Gasteiger charge is -2.18. The van der Waals surface area contributed by atoms with E-state index in [1.165, 1.54) is 56.1 Å². The molecule has 1 aliphatic rings. The first-order chi connectivity index (χ1) is 14.0. The van der Waals surface area contributed by atoms with E-state index in [4.69, 9.17) is 13.6 Å². The minimum atomic E-state index is -1.44. The number of unbranched alkanes of at least 4 members (excludes halogenated alkanes) is 6. The van der Waals surface area contributed by atoms with Crippen LogP contribution in [0, 0.1) is 0 Å². The van der Waals surface area contributed by atoms with Crippen LogP contribution in [0.25, 0.3) is 0 Å². The Morgan fingerprint density at radius 2 is 1.52 bits per heavy atom. The van der Waals surface area contributed by atoms with Gasteiger partial charge in [-0.25, -0.2) is 0 Å². The second kappa shape index (κ2) is 10.3. The average Bonchev–Trinajstić information content (AvgIpc) is 3.09. The highest BCUT2D eigenvalue weighted by Gasteiger charge is 2.31. The van der Waals surface area contributed by atoms with Crippen LogP contribution in [0.4, 0.5) is 0 Å². The molecule has 1 atom stereocenters. The Morgan fingerprint density at radius 3 is 2.28 bits per heavy atom. The molecule has 29 heavy (non-hydrogen) atoms. The highest BCUT2D eigenvalue weighted by atomic mass is 31.2. The molecular formula is C25H35O3P. The molecule has 4 heteroatoms. The molecule has 1 heterocycles. The Hall–Kier alpha value is -1.73. The first-order valence-electron chi connectivity index (χ1n) is 11.0. The van der Waals surface area contributed by atoms with E-state index in [0.29, 0.717) is 0 Å². The van der Waals surface area contributed by atoms with Crippen LogP contribution in [-0.2, 0) is 11.8 Å². The third-order valence-electron chi connectivity index (χ3n) is 5.35. The predicted octanol–water partition coefficient (Wildman–Crippen LogP) is 8.35. The van der Waals surface area contributed by atoms with Crippen LogP contribution in [0.5, 0.6) is 17.2 Å². The van der Waals surface area contributed by atoms with E-state index in [1.807, 2.05) is 18.2 Å². The third kappa shape index (κ3) is 6.37. The van der Waals surface area contributed by atoms with Crippen LogP contribution in [0.1, 0.15) is 83.8 Å². The quantitative estimate of drug-likeness (QED) is 0.289. The number of benzene rings is 2. The normalized spacial score (nSPS) is 15.5. The van der Waals surface area contributed by atoms with Crippen molar-refractivity contribution >= 4 is 8.60 Å². The standard InChI is InChI=1S/C25H35O3P/c1-5-6-7-8-9-10-11-14-20-15-12-13-16-22(20)26-29-27-23-18-17-21(25(2,3)4)19-24(23)28-29/h12-13,15-19H,5-11,14H2,1-4H3. The van der Waals surface area contributed by atoms with Gasteiger partial charge in [-0.1, -0.05) is 90.5 Å². The largest absolute Gasteiger partial charge is 0.530 e. The van der Waals surface area contributed by atoms with Crippen molar-refractivity contribution in [3.63, 3.8) is 0 Å². The summed E-state index contributed by atoms with van der Waals surface area (Å²) in [7, 11) is -1.44. The van der Waals surface area contributed by atoms with Gasteiger partial charge >= 0.3 is 8.60 Å². The minimum Gasteiger partial charge on any atom is -0.408 e. The third-order valence-corrected chi connectivity index (χ3v) is 6.39. The Bertz CT molecular complexity index is 782. The van der Waals surface area contributed by atoms with Crippen molar-refractivity contribution in [2.45, 2.75) is 84.5 Å². The lowest BCUT2D eigenvalue weighted by Crippen LogP contribution is -2.10. The summed E-state index contributed by atoms with van der Waals surface area (Å²) in [6.45, 7) is 8.86. The van der Waals surface area contributed by atoms with E-state index in [1.54, 1.807) is 0 Å². The Morgan fingerprint density at radius 1 is 0.828 bits per heavy atom. The first kappa shape index (κ1) is 22.0. The summed E-state index contributed by atoms with van der Waals surface area (Å²) in [6, 6.07) is 14.4. The van der Waals surface area contributed by atoms with E-state index >= 15 is 0 Å². The van der Waals surface area contributed by atoms with Gasteiger partial charge in [0.05, 0.1) is 0 Å². The molecule has 0 amide bonds. The number of hydrogen-bond donors (Lipinski definition) is 0. The molecule has 0 spiro atoms. The summed E-state index contributed by atoms with van der Waals surface area (Å²) >= 11 is 0. The zero-order valence-corrected chi connectivity index (χ0v) is 19.3. The fourth-order valence-corrected chi connectivity index (χ4v) is 4.56. The number of aryl methyl sites for hydroxylation is 1. The van der Waals surface area contributed by atoms with Gasteiger partial charge < -0.3 is 13.6 Å². The van der Waals surface area contributed by atoms with Gasteiger partial charge in [-0.05, 0) is 47.6 Å². The van der Waals surface area contributed by atoms with Crippen molar-refractivity contribution in [2.75, 3.05) is 0 Å². The summed E-state index contributed by atoms with van der Waals surface area (Å²) in [5.41, 5.74) is 2.55. The Labute approximate surface area is 177 Å². The lowest BCUT2D eigenvalue weighted by atomic mass is 9.87. The zero-order valence-electron chi connectivity index (χ0n) is 18.4. The molecule has 0 aliphatic carbocycles. The summed E-state index contributed by atoms with van der Waals surface area (Å²) in [4.78, 5) is 0. The summed E-state index contributed by atoms with van der Waals surface area (Å²) < 4.78 is 18.1. The fraction of sp³-hybridized carbons (Fsp3) is 0.520.